The number of methoxy groups -OCH3 is 1. The molecule has 1 aromatic heterocycles. The summed E-state index contributed by atoms with van der Waals surface area (Å²) in [6, 6.07) is 3.29. The van der Waals surface area contributed by atoms with Crippen LogP contribution in [-0.2, 0) is 16.1 Å². The Bertz CT molecular complexity index is 554. The highest BCUT2D eigenvalue weighted by Crippen LogP contribution is 1.99. The monoisotopic (exact) mass is 297 g/mol. The second-order valence-electron chi connectivity index (χ2n) is 4.34. The number of ether oxygens (including phenoxy) is 1. The largest absolute Gasteiger partial charge is 0.389 e. The summed E-state index contributed by atoms with van der Waals surface area (Å²) in [5.41, 5.74) is 6.07. The fourth-order valence-electron chi connectivity index (χ4n) is 1.70. The van der Waals surface area contributed by atoms with Gasteiger partial charge in [-0.2, -0.15) is 0 Å². The molecule has 110 valence electrons. The summed E-state index contributed by atoms with van der Waals surface area (Å²) in [4.78, 5) is 24.0. The zero-order chi connectivity index (χ0) is 15.1. The van der Waals surface area contributed by atoms with Crippen molar-refractivity contribution in [2.24, 2.45) is 5.73 Å². The van der Waals surface area contributed by atoms with Gasteiger partial charge in [-0.1, -0.05) is 12.2 Å². The average Bonchev–Trinajstić information content (AvgIpc) is 2.39. The fraction of sp³-hybridized carbons (Fsp3) is 0.462. The first-order valence-electron chi connectivity index (χ1n) is 6.23. The van der Waals surface area contributed by atoms with E-state index >= 15 is 0 Å². The summed E-state index contributed by atoms with van der Waals surface area (Å²) >= 11 is 4.82. The van der Waals surface area contributed by atoms with Gasteiger partial charge in [0.05, 0.1) is 5.56 Å². The number of thiocarbonyl (C=S) groups is 1. The highest BCUT2D eigenvalue weighted by atomic mass is 32.1. The standard InChI is InChI=1S/C13H19N3O3S/c1-9-4-5-10(12(14)20)13(18)16(9)8-11(17)15-6-3-7-19-2/h4-5H,3,6-8H2,1-2H3,(H2,14,20)(H,15,17). The number of aryl methyl sites for hydroxylation is 1. The van der Waals surface area contributed by atoms with Crippen LogP contribution in [0.1, 0.15) is 17.7 Å². The van der Waals surface area contributed by atoms with Crippen molar-refractivity contribution in [1.29, 1.82) is 0 Å². The number of nitrogens with one attached hydrogen (secondary N) is 1. The molecule has 0 aliphatic rings. The molecular formula is C13H19N3O3S. The highest BCUT2D eigenvalue weighted by Gasteiger charge is 2.11. The number of carbonyl (C=O) groups excluding carboxylic acids is 1. The van der Waals surface area contributed by atoms with Gasteiger partial charge in [0.1, 0.15) is 11.5 Å². The summed E-state index contributed by atoms with van der Waals surface area (Å²) in [6.07, 6.45) is 0.725. The Kier molecular flexibility index (Phi) is 6.33. The van der Waals surface area contributed by atoms with Gasteiger partial charge < -0.3 is 20.4 Å². The maximum atomic E-state index is 12.1. The van der Waals surface area contributed by atoms with Crippen LogP contribution in [-0.4, -0.2) is 35.7 Å². The van der Waals surface area contributed by atoms with Gasteiger partial charge in [-0.3, -0.25) is 9.59 Å². The van der Waals surface area contributed by atoms with E-state index in [0.717, 1.165) is 6.42 Å². The number of aromatic nitrogens is 1. The van der Waals surface area contributed by atoms with Gasteiger partial charge in [0.15, 0.2) is 0 Å². The lowest BCUT2D eigenvalue weighted by Crippen LogP contribution is -2.36. The molecule has 0 saturated carbocycles. The molecule has 0 aromatic carbocycles. The zero-order valence-corrected chi connectivity index (χ0v) is 12.5. The number of rotatable bonds is 7. The number of hydrogen-bond acceptors (Lipinski definition) is 4. The molecule has 0 unspecified atom stereocenters. The number of pyridine rings is 1. The Morgan fingerprint density at radius 1 is 1.50 bits per heavy atom. The minimum Gasteiger partial charge on any atom is -0.389 e. The maximum absolute atomic E-state index is 12.1. The van der Waals surface area contributed by atoms with Gasteiger partial charge in [0, 0.05) is 26.0 Å². The molecule has 0 saturated heterocycles. The van der Waals surface area contributed by atoms with Crippen molar-refractivity contribution in [3.63, 3.8) is 0 Å². The van der Waals surface area contributed by atoms with Gasteiger partial charge in [0.25, 0.3) is 5.56 Å². The van der Waals surface area contributed by atoms with E-state index in [-0.39, 0.29) is 28.6 Å². The Hall–Kier alpha value is -1.73. The number of carbonyl (C=O) groups is 1. The summed E-state index contributed by atoms with van der Waals surface area (Å²) in [7, 11) is 1.60. The van der Waals surface area contributed by atoms with E-state index in [4.69, 9.17) is 22.7 Å². The molecule has 0 spiro atoms. The minimum absolute atomic E-state index is 0.0317. The summed E-state index contributed by atoms with van der Waals surface area (Å²) in [5.74, 6) is -0.230. The highest BCUT2D eigenvalue weighted by molar-refractivity contribution is 7.80. The van der Waals surface area contributed by atoms with Crippen LogP contribution in [0.25, 0.3) is 0 Å². The number of hydrogen-bond donors (Lipinski definition) is 2. The molecule has 3 N–H and O–H groups in total. The molecule has 0 radical (unpaired) electrons. The van der Waals surface area contributed by atoms with Crippen LogP contribution in [0.15, 0.2) is 16.9 Å². The topological polar surface area (TPSA) is 86.3 Å². The molecule has 1 aromatic rings. The van der Waals surface area contributed by atoms with Gasteiger partial charge in [-0.15, -0.1) is 0 Å². The third kappa shape index (κ3) is 4.43. The van der Waals surface area contributed by atoms with Gasteiger partial charge in [0.2, 0.25) is 5.91 Å². The van der Waals surface area contributed by atoms with Gasteiger partial charge >= 0.3 is 0 Å². The Balaban J connectivity index is 2.77. The molecule has 1 rings (SSSR count). The number of nitrogens with two attached hydrogens (primary N) is 1. The second-order valence-corrected chi connectivity index (χ2v) is 4.78. The van der Waals surface area contributed by atoms with Crippen molar-refractivity contribution in [3.05, 3.63) is 33.7 Å². The Labute approximate surface area is 122 Å². The first-order valence-corrected chi connectivity index (χ1v) is 6.64. The van der Waals surface area contributed by atoms with Crippen LogP contribution >= 0.6 is 12.2 Å². The molecule has 1 heterocycles. The molecule has 0 aliphatic heterocycles. The van der Waals surface area contributed by atoms with Crippen LogP contribution in [0.3, 0.4) is 0 Å². The van der Waals surface area contributed by atoms with Crippen molar-refractivity contribution in [1.82, 2.24) is 9.88 Å². The summed E-state index contributed by atoms with van der Waals surface area (Å²) < 4.78 is 6.25. The fourth-order valence-corrected chi connectivity index (χ4v) is 1.85. The molecule has 0 aliphatic carbocycles. The smallest absolute Gasteiger partial charge is 0.261 e. The molecule has 20 heavy (non-hydrogen) atoms. The zero-order valence-electron chi connectivity index (χ0n) is 11.6. The normalized spacial score (nSPS) is 10.3. The molecule has 7 heteroatoms. The van der Waals surface area contributed by atoms with Crippen molar-refractivity contribution in [3.8, 4) is 0 Å². The van der Waals surface area contributed by atoms with E-state index in [9.17, 15) is 9.59 Å². The van der Waals surface area contributed by atoms with Gasteiger partial charge in [-0.05, 0) is 25.5 Å². The lowest BCUT2D eigenvalue weighted by Gasteiger charge is -2.11. The Morgan fingerprint density at radius 2 is 2.20 bits per heavy atom. The Morgan fingerprint density at radius 3 is 2.80 bits per heavy atom. The maximum Gasteiger partial charge on any atom is 0.261 e. The van der Waals surface area contributed by atoms with E-state index in [0.29, 0.717) is 18.8 Å². The molecule has 0 bridgehead atoms. The average molecular weight is 297 g/mol. The minimum atomic E-state index is -0.343. The molecule has 1 amide bonds. The number of amides is 1. The van der Waals surface area contributed by atoms with Crippen LogP contribution < -0.4 is 16.6 Å². The van der Waals surface area contributed by atoms with E-state index in [1.54, 1.807) is 26.2 Å². The summed E-state index contributed by atoms with van der Waals surface area (Å²) in [5, 5.41) is 2.73. The van der Waals surface area contributed by atoms with E-state index < -0.39 is 0 Å². The SMILES string of the molecule is COCCCNC(=O)Cn1c(C)ccc(C(N)=S)c1=O. The van der Waals surface area contributed by atoms with Crippen LogP contribution in [0, 0.1) is 6.92 Å². The lowest BCUT2D eigenvalue weighted by atomic mass is 10.2. The van der Waals surface area contributed by atoms with Crippen molar-refractivity contribution in [2.75, 3.05) is 20.3 Å². The second kappa shape index (κ2) is 7.76. The first-order chi connectivity index (χ1) is 9.47. The predicted octanol–water partition coefficient (Wildman–Crippen LogP) is -0.0564. The quantitative estimate of drug-likeness (QED) is 0.544. The molecular weight excluding hydrogens is 278 g/mol. The van der Waals surface area contributed by atoms with Crippen LogP contribution in [0.4, 0.5) is 0 Å². The third-order valence-electron chi connectivity index (χ3n) is 2.81. The van der Waals surface area contributed by atoms with Gasteiger partial charge in [-0.25, -0.2) is 0 Å². The van der Waals surface area contributed by atoms with Crippen LogP contribution in [0.2, 0.25) is 0 Å². The van der Waals surface area contributed by atoms with E-state index in [2.05, 4.69) is 5.32 Å². The predicted molar refractivity (Wildman–Crippen MR) is 80.8 cm³/mol. The molecule has 6 nitrogen and oxygen atoms in total. The first kappa shape index (κ1) is 16.3. The third-order valence-corrected chi connectivity index (χ3v) is 3.03. The van der Waals surface area contributed by atoms with Crippen molar-refractivity contribution >= 4 is 23.1 Å². The molecule has 0 fully saturated rings. The van der Waals surface area contributed by atoms with Crippen molar-refractivity contribution < 1.29 is 9.53 Å². The van der Waals surface area contributed by atoms with E-state index in [1.807, 2.05) is 0 Å². The molecule has 0 atom stereocenters. The van der Waals surface area contributed by atoms with E-state index in [1.165, 1.54) is 4.57 Å². The lowest BCUT2D eigenvalue weighted by molar-refractivity contribution is -0.121. The number of nitrogens with zero attached hydrogens (tertiary/aromatic N) is 1. The van der Waals surface area contributed by atoms with Crippen LogP contribution in [0.5, 0.6) is 0 Å². The van der Waals surface area contributed by atoms with Crippen molar-refractivity contribution in [2.45, 2.75) is 19.9 Å². The summed E-state index contributed by atoms with van der Waals surface area (Å²) in [6.45, 7) is 2.79.